The van der Waals surface area contributed by atoms with Gasteiger partial charge in [-0.1, -0.05) is 22.5 Å². The molecule has 2 nitrogen and oxygen atoms in total. The zero-order valence-corrected chi connectivity index (χ0v) is 6.56. The largest absolute Gasteiger partial charge is 0.253 e. The molecule has 7 heavy (non-hydrogen) atoms. The fraction of sp³-hybridized carbons (Fsp3) is 1.00. The molecule has 0 aliphatic rings. The summed E-state index contributed by atoms with van der Waals surface area (Å²) in [6.45, 7) is -0.995. The number of halogens is 2. The molecule has 0 rings (SSSR count). The van der Waals surface area contributed by atoms with Gasteiger partial charge in [-0.25, -0.2) is 0 Å². The van der Waals surface area contributed by atoms with Gasteiger partial charge in [0.2, 0.25) is 0 Å². The molecule has 0 fully saturated rings. The summed E-state index contributed by atoms with van der Waals surface area (Å²) in [5.74, 6) is 0. The number of hydrazine groups is 1. The van der Waals surface area contributed by atoms with Crippen LogP contribution in [0.4, 0.5) is 0 Å². The molecule has 0 spiro atoms. The van der Waals surface area contributed by atoms with Gasteiger partial charge in [-0.2, -0.15) is 4.78 Å². The standard InChI is InChI=1S/C2H7Cl2N2P/c1-5-6(2)7(3)4/h5H,1-2H3. The van der Waals surface area contributed by atoms with Crippen molar-refractivity contribution in [2.75, 3.05) is 14.1 Å². The van der Waals surface area contributed by atoms with Crippen LogP contribution >= 0.6 is 29.3 Å². The zero-order valence-electron chi connectivity index (χ0n) is 4.15. The average Bonchev–Trinajstić information content (AvgIpc) is 1.65. The third-order valence-electron chi connectivity index (χ3n) is 0.550. The predicted molar refractivity (Wildman–Crippen MR) is 35.4 cm³/mol. The minimum Gasteiger partial charge on any atom is -0.253 e. The van der Waals surface area contributed by atoms with E-state index in [1.165, 1.54) is 0 Å². The third kappa shape index (κ3) is 3.51. The number of hydrogen-bond donors (Lipinski definition) is 1. The Hall–Kier alpha value is 0.930. The first-order chi connectivity index (χ1) is 3.18. The van der Waals surface area contributed by atoms with Gasteiger partial charge in [0.25, 0.3) is 0 Å². The van der Waals surface area contributed by atoms with E-state index < -0.39 is 6.78 Å². The quantitative estimate of drug-likeness (QED) is 0.490. The Kier molecular flexibility index (Phi) is 4.39. The lowest BCUT2D eigenvalue weighted by Crippen LogP contribution is -2.22. The van der Waals surface area contributed by atoms with Crippen molar-refractivity contribution < 1.29 is 0 Å². The Labute approximate surface area is 54.1 Å². The highest BCUT2D eigenvalue weighted by molar-refractivity contribution is 8.02. The van der Waals surface area contributed by atoms with Crippen molar-refractivity contribution in [2.24, 2.45) is 0 Å². The van der Waals surface area contributed by atoms with Crippen molar-refractivity contribution in [3.63, 3.8) is 0 Å². The first-order valence-electron chi connectivity index (χ1n) is 1.71. The van der Waals surface area contributed by atoms with Crippen LogP contribution in [0.25, 0.3) is 0 Å². The molecule has 0 aliphatic carbocycles. The number of nitrogens with one attached hydrogen (secondary N) is 1. The van der Waals surface area contributed by atoms with E-state index in [9.17, 15) is 0 Å². The molecular weight excluding hydrogens is 154 g/mol. The molecule has 0 bridgehead atoms. The molecule has 0 saturated carbocycles. The Morgan fingerprint density at radius 2 is 2.00 bits per heavy atom. The molecule has 5 heteroatoms. The van der Waals surface area contributed by atoms with E-state index in [-0.39, 0.29) is 0 Å². The third-order valence-corrected chi connectivity index (χ3v) is 2.56. The lowest BCUT2D eigenvalue weighted by molar-refractivity contribution is 0.458. The first kappa shape index (κ1) is 7.93. The Balaban J connectivity index is 3.14. The minimum absolute atomic E-state index is 0.995. The van der Waals surface area contributed by atoms with Crippen LogP contribution in [0.1, 0.15) is 0 Å². The number of rotatable bonds is 2. The van der Waals surface area contributed by atoms with Gasteiger partial charge in [0.05, 0.1) is 0 Å². The van der Waals surface area contributed by atoms with Crippen LogP contribution in [0, 0.1) is 0 Å². The Morgan fingerprint density at radius 3 is 2.00 bits per heavy atom. The van der Waals surface area contributed by atoms with E-state index in [4.69, 9.17) is 22.5 Å². The van der Waals surface area contributed by atoms with Crippen LogP contribution in [0.15, 0.2) is 0 Å². The molecule has 0 unspecified atom stereocenters. The van der Waals surface area contributed by atoms with Crippen LogP contribution in [-0.4, -0.2) is 18.9 Å². The molecule has 1 N–H and O–H groups in total. The molecule has 44 valence electrons. The number of hydrogen-bond acceptors (Lipinski definition) is 2. The van der Waals surface area contributed by atoms with Gasteiger partial charge >= 0.3 is 0 Å². The van der Waals surface area contributed by atoms with Gasteiger partial charge in [0.1, 0.15) is 0 Å². The first-order valence-corrected chi connectivity index (χ1v) is 4.81. The lowest BCUT2D eigenvalue weighted by atomic mass is 11.4. The van der Waals surface area contributed by atoms with Crippen molar-refractivity contribution in [3.8, 4) is 0 Å². The molecule has 0 heterocycles. The van der Waals surface area contributed by atoms with E-state index >= 15 is 0 Å². The van der Waals surface area contributed by atoms with Gasteiger partial charge in [-0.3, -0.25) is 5.43 Å². The molecule has 0 aromatic carbocycles. The summed E-state index contributed by atoms with van der Waals surface area (Å²) >= 11 is 10.8. The molecule has 0 atom stereocenters. The zero-order chi connectivity index (χ0) is 5.86. The highest BCUT2D eigenvalue weighted by atomic mass is 35.9. The lowest BCUT2D eigenvalue weighted by Gasteiger charge is -2.13. The fourth-order valence-corrected chi connectivity index (χ4v) is 0.680. The molecule has 0 amide bonds. The monoisotopic (exact) mass is 160 g/mol. The van der Waals surface area contributed by atoms with Gasteiger partial charge in [0, 0.05) is 7.05 Å². The smallest absolute Gasteiger partial charge is 0.173 e. The molecule has 0 aromatic rings. The van der Waals surface area contributed by atoms with Gasteiger partial charge in [-0.15, -0.1) is 0 Å². The molecule has 0 aliphatic heterocycles. The summed E-state index contributed by atoms with van der Waals surface area (Å²) in [4.78, 5) is 0. The van der Waals surface area contributed by atoms with Crippen molar-refractivity contribution in [1.82, 2.24) is 10.2 Å². The van der Waals surface area contributed by atoms with Crippen molar-refractivity contribution >= 4 is 29.3 Å². The summed E-state index contributed by atoms with van der Waals surface area (Å²) in [5, 5.41) is 0. The summed E-state index contributed by atoms with van der Waals surface area (Å²) < 4.78 is 1.64. The number of nitrogens with zero attached hydrogens (tertiary/aromatic N) is 1. The van der Waals surface area contributed by atoms with Gasteiger partial charge < -0.3 is 0 Å². The maximum Gasteiger partial charge on any atom is 0.173 e. The van der Waals surface area contributed by atoms with E-state index in [0.717, 1.165) is 0 Å². The summed E-state index contributed by atoms with van der Waals surface area (Å²) in [5.41, 5.74) is 2.76. The van der Waals surface area contributed by atoms with E-state index in [1.807, 2.05) is 0 Å². The van der Waals surface area contributed by atoms with E-state index in [2.05, 4.69) is 5.43 Å². The van der Waals surface area contributed by atoms with Crippen molar-refractivity contribution in [3.05, 3.63) is 0 Å². The molecular formula is C2H7Cl2N2P. The summed E-state index contributed by atoms with van der Waals surface area (Å²) in [7, 11) is 3.55. The topological polar surface area (TPSA) is 15.3 Å². The Bertz CT molecular complexity index is 51.0. The second-order valence-corrected chi connectivity index (χ2v) is 4.43. The maximum absolute atomic E-state index is 5.42. The van der Waals surface area contributed by atoms with Gasteiger partial charge in [-0.05, 0) is 7.05 Å². The maximum atomic E-state index is 5.42. The second kappa shape index (κ2) is 3.88. The molecule has 0 saturated heterocycles. The Morgan fingerprint density at radius 1 is 1.57 bits per heavy atom. The van der Waals surface area contributed by atoms with Gasteiger partial charge in [0.15, 0.2) is 6.78 Å². The second-order valence-electron chi connectivity index (χ2n) is 0.962. The van der Waals surface area contributed by atoms with Crippen LogP contribution in [0.5, 0.6) is 0 Å². The summed E-state index contributed by atoms with van der Waals surface area (Å²) in [6.07, 6.45) is 0. The van der Waals surface area contributed by atoms with Crippen LogP contribution in [0.3, 0.4) is 0 Å². The highest BCUT2D eigenvalue weighted by Crippen LogP contribution is 2.47. The molecule has 0 radical (unpaired) electrons. The van der Waals surface area contributed by atoms with Crippen LogP contribution in [-0.2, 0) is 0 Å². The van der Waals surface area contributed by atoms with E-state index in [0.29, 0.717) is 0 Å². The highest BCUT2D eigenvalue weighted by Gasteiger charge is 2.01. The minimum atomic E-state index is -0.995. The summed E-state index contributed by atoms with van der Waals surface area (Å²) in [6, 6.07) is 0. The van der Waals surface area contributed by atoms with E-state index in [1.54, 1.807) is 18.9 Å². The van der Waals surface area contributed by atoms with Crippen molar-refractivity contribution in [2.45, 2.75) is 0 Å². The molecule has 0 aromatic heterocycles. The van der Waals surface area contributed by atoms with Crippen LogP contribution in [0.2, 0.25) is 0 Å². The SMILES string of the molecule is CNN(C)P(Cl)Cl. The fourth-order valence-electron chi connectivity index (χ4n) is 0.0756. The average molecular weight is 161 g/mol. The van der Waals surface area contributed by atoms with Crippen molar-refractivity contribution in [1.29, 1.82) is 0 Å². The normalized spacial score (nSPS) is 11.1. The van der Waals surface area contributed by atoms with Crippen LogP contribution < -0.4 is 5.43 Å². The predicted octanol–water partition coefficient (Wildman–Crippen LogP) is 1.76.